The first-order chi connectivity index (χ1) is 18.3. The van der Waals surface area contributed by atoms with Crippen molar-refractivity contribution in [3.05, 3.63) is 0 Å². The molecule has 6 atom stereocenters. The molecule has 0 aromatic carbocycles. The first kappa shape index (κ1) is 29.5. The second-order valence-electron chi connectivity index (χ2n) is 16.7. The third-order valence-corrected chi connectivity index (χ3v) is 15.5. The van der Waals surface area contributed by atoms with Crippen LogP contribution in [0.2, 0.25) is 0 Å². The SMILES string of the molecule is CCCCCCC1(C)C(C)(C2CCCCC2)CC2C(CCCC2(C)C2CCCCC2)C1(C)C1CCCCC1. The Bertz CT molecular complexity index is 735. The standard InChI is InChI=1S/C38H68/c1-6-7-8-18-28-37(4)36(3,31-22-14-10-15-23-31)29-34-33(38(37,5)32-24-16-11-17-25-32)26-19-27-35(34,2)30-20-12-9-13-21-30/h30-34H,6-29H2,1-5H3. The highest BCUT2D eigenvalue weighted by molar-refractivity contribution is 5.18. The minimum absolute atomic E-state index is 0.504. The molecule has 0 radical (unpaired) electrons. The van der Waals surface area contributed by atoms with Gasteiger partial charge in [0.25, 0.3) is 0 Å². The van der Waals surface area contributed by atoms with Gasteiger partial charge in [-0.1, -0.05) is 125 Å². The summed E-state index contributed by atoms with van der Waals surface area (Å²) in [5, 5.41) is 0. The van der Waals surface area contributed by atoms with Crippen LogP contribution in [0.5, 0.6) is 0 Å². The lowest BCUT2D eigenvalue weighted by Crippen LogP contribution is -2.67. The number of hydrogen-bond acceptors (Lipinski definition) is 0. The van der Waals surface area contributed by atoms with Crippen LogP contribution >= 0.6 is 0 Å². The summed E-state index contributed by atoms with van der Waals surface area (Å²) in [5.41, 5.74) is 2.17. The summed E-state index contributed by atoms with van der Waals surface area (Å²) < 4.78 is 0. The monoisotopic (exact) mass is 525 g/mol. The molecule has 5 rings (SSSR count). The molecule has 38 heavy (non-hydrogen) atoms. The molecule has 6 unspecified atom stereocenters. The Morgan fingerprint density at radius 3 is 1.66 bits per heavy atom. The van der Waals surface area contributed by atoms with Gasteiger partial charge in [-0.15, -0.1) is 0 Å². The minimum atomic E-state index is 0.504. The fraction of sp³-hybridized carbons (Fsp3) is 1.00. The minimum Gasteiger partial charge on any atom is -0.0654 e. The molecule has 0 heterocycles. The molecule has 0 N–H and O–H groups in total. The third-order valence-electron chi connectivity index (χ3n) is 15.5. The van der Waals surface area contributed by atoms with Crippen LogP contribution in [-0.4, -0.2) is 0 Å². The number of rotatable bonds is 8. The predicted molar refractivity (Wildman–Crippen MR) is 166 cm³/mol. The third kappa shape index (κ3) is 4.89. The maximum Gasteiger partial charge on any atom is -0.0207 e. The van der Waals surface area contributed by atoms with E-state index in [9.17, 15) is 0 Å². The fourth-order valence-corrected chi connectivity index (χ4v) is 12.9. The second kappa shape index (κ2) is 12.1. The molecule has 0 aromatic rings. The summed E-state index contributed by atoms with van der Waals surface area (Å²) in [5.74, 6) is 4.95. The summed E-state index contributed by atoms with van der Waals surface area (Å²) >= 11 is 0. The quantitative estimate of drug-likeness (QED) is 0.277. The van der Waals surface area contributed by atoms with E-state index in [4.69, 9.17) is 0 Å². The molecule has 220 valence electrons. The first-order valence-corrected chi connectivity index (χ1v) is 18.3. The van der Waals surface area contributed by atoms with E-state index in [1.807, 2.05) is 0 Å². The van der Waals surface area contributed by atoms with E-state index in [1.54, 1.807) is 57.8 Å². The zero-order valence-corrected chi connectivity index (χ0v) is 26.9. The van der Waals surface area contributed by atoms with Gasteiger partial charge in [0, 0.05) is 0 Å². The van der Waals surface area contributed by atoms with Crippen LogP contribution in [0.1, 0.15) is 189 Å². The Kier molecular flexibility index (Phi) is 9.38. The van der Waals surface area contributed by atoms with Crippen molar-refractivity contribution in [2.75, 3.05) is 0 Å². The number of hydrogen-bond donors (Lipinski definition) is 0. The lowest BCUT2D eigenvalue weighted by molar-refractivity contribution is -0.254. The highest BCUT2D eigenvalue weighted by Crippen LogP contribution is 2.77. The van der Waals surface area contributed by atoms with Crippen molar-refractivity contribution in [3.63, 3.8) is 0 Å². The summed E-state index contributed by atoms with van der Waals surface area (Å²) in [7, 11) is 0. The van der Waals surface area contributed by atoms with E-state index in [2.05, 4.69) is 34.6 Å². The van der Waals surface area contributed by atoms with Gasteiger partial charge in [0.15, 0.2) is 0 Å². The van der Waals surface area contributed by atoms with Crippen LogP contribution in [0, 0.1) is 51.2 Å². The number of unbranched alkanes of at least 4 members (excludes halogenated alkanes) is 3. The van der Waals surface area contributed by atoms with Gasteiger partial charge in [0.1, 0.15) is 0 Å². The summed E-state index contributed by atoms with van der Waals surface area (Å²) in [4.78, 5) is 0. The van der Waals surface area contributed by atoms with E-state index in [-0.39, 0.29) is 0 Å². The smallest absolute Gasteiger partial charge is 0.0207 e. The van der Waals surface area contributed by atoms with E-state index in [1.165, 1.54) is 96.3 Å². The van der Waals surface area contributed by atoms with Gasteiger partial charge in [-0.25, -0.2) is 0 Å². The molecule has 0 amide bonds. The van der Waals surface area contributed by atoms with Crippen LogP contribution in [0.4, 0.5) is 0 Å². The average molecular weight is 525 g/mol. The molecule has 0 heteroatoms. The molecule has 5 saturated carbocycles. The van der Waals surface area contributed by atoms with Crippen molar-refractivity contribution in [2.24, 2.45) is 51.2 Å². The van der Waals surface area contributed by atoms with Crippen molar-refractivity contribution in [1.82, 2.24) is 0 Å². The highest BCUT2D eigenvalue weighted by atomic mass is 14.7. The van der Waals surface area contributed by atoms with Gasteiger partial charge in [-0.2, -0.15) is 0 Å². The molecular weight excluding hydrogens is 456 g/mol. The van der Waals surface area contributed by atoms with Gasteiger partial charge >= 0.3 is 0 Å². The van der Waals surface area contributed by atoms with Crippen molar-refractivity contribution < 1.29 is 0 Å². The molecule has 5 aliphatic carbocycles. The lowest BCUT2D eigenvalue weighted by Gasteiger charge is -2.74. The molecule has 0 aliphatic heterocycles. The van der Waals surface area contributed by atoms with E-state index in [0.29, 0.717) is 21.7 Å². The molecule has 0 spiro atoms. The van der Waals surface area contributed by atoms with Gasteiger partial charge < -0.3 is 0 Å². The predicted octanol–water partition coefficient (Wildman–Crippen LogP) is 12.5. The fourth-order valence-electron chi connectivity index (χ4n) is 12.9. The Hall–Kier alpha value is 0. The van der Waals surface area contributed by atoms with Crippen LogP contribution in [0.25, 0.3) is 0 Å². The zero-order chi connectivity index (χ0) is 26.9. The van der Waals surface area contributed by atoms with Crippen LogP contribution in [-0.2, 0) is 0 Å². The maximum absolute atomic E-state index is 2.97. The summed E-state index contributed by atoms with van der Waals surface area (Å²) in [6.07, 6.45) is 36.4. The Labute approximate surface area is 239 Å². The Morgan fingerprint density at radius 1 is 0.526 bits per heavy atom. The molecule has 0 aromatic heterocycles. The van der Waals surface area contributed by atoms with Gasteiger partial charge in [0.05, 0.1) is 0 Å². The van der Waals surface area contributed by atoms with E-state index < -0.39 is 0 Å². The van der Waals surface area contributed by atoms with Crippen molar-refractivity contribution in [2.45, 2.75) is 189 Å². The molecule has 0 saturated heterocycles. The average Bonchev–Trinajstić information content (AvgIpc) is 2.96. The van der Waals surface area contributed by atoms with Gasteiger partial charge in [-0.3, -0.25) is 0 Å². The van der Waals surface area contributed by atoms with Gasteiger partial charge in [-0.05, 0) is 115 Å². The molecular formula is C38H68. The lowest BCUT2D eigenvalue weighted by atomic mass is 9.31. The maximum atomic E-state index is 2.97. The van der Waals surface area contributed by atoms with Crippen molar-refractivity contribution in [1.29, 1.82) is 0 Å². The van der Waals surface area contributed by atoms with Crippen molar-refractivity contribution >= 4 is 0 Å². The topological polar surface area (TPSA) is 0 Å². The second-order valence-corrected chi connectivity index (χ2v) is 16.7. The van der Waals surface area contributed by atoms with Crippen LogP contribution in [0.3, 0.4) is 0 Å². The Balaban J connectivity index is 1.61. The molecule has 5 aliphatic rings. The first-order valence-electron chi connectivity index (χ1n) is 18.3. The van der Waals surface area contributed by atoms with Gasteiger partial charge in [0.2, 0.25) is 0 Å². The Morgan fingerprint density at radius 2 is 1.08 bits per heavy atom. The number of fused-ring (bicyclic) bond motifs is 1. The summed E-state index contributed by atoms with van der Waals surface area (Å²) in [6, 6.07) is 0. The molecule has 5 fully saturated rings. The molecule has 0 nitrogen and oxygen atoms in total. The van der Waals surface area contributed by atoms with Crippen LogP contribution < -0.4 is 0 Å². The van der Waals surface area contributed by atoms with E-state index >= 15 is 0 Å². The van der Waals surface area contributed by atoms with E-state index in [0.717, 1.165) is 29.6 Å². The van der Waals surface area contributed by atoms with Crippen LogP contribution in [0.15, 0.2) is 0 Å². The zero-order valence-electron chi connectivity index (χ0n) is 26.9. The van der Waals surface area contributed by atoms with Crippen molar-refractivity contribution in [3.8, 4) is 0 Å². The normalized spacial score (nSPS) is 44.1. The highest BCUT2D eigenvalue weighted by Gasteiger charge is 2.69. The largest absolute Gasteiger partial charge is 0.0654 e. The molecule has 0 bridgehead atoms. The summed E-state index contributed by atoms with van der Waals surface area (Å²) in [6.45, 7) is 14.1.